The summed E-state index contributed by atoms with van der Waals surface area (Å²) in [6.07, 6.45) is 0. The maximum atomic E-state index is 14.2. The molecule has 10 heteroatoms. The number of pyridine rings is 1. The van der Waals surface area contributed by atoms with E-state index in [1.54, 1.807) is 4.90 Å². The van der Waals surface area contributed by atoms with E-state index in [1.165, 1.54) is 13.1 Å². The van der Waals surface area contributed by atoms with E-state index in [2.05, 4.69) is 10.1 Å². The lowest BCUT2D eigenvalue weighted by atomic mass is 10.2. The summed E-state index contributed by atoms with van der Waals surface area (Å²) in [5, 5.41) is 1.82. The number of sulfone groups is 1. The van der Waals surface area contributed by atoms with E-state index in [4.69, 9.17) is 0 Å². The van der Waals surface area contributed by atoms with E-state index >= 15 is 0 Å². The molecule has 8 nitrogen and oxygen atoms in total. The molecule has 0 unspecified atom stereocenters. The van der Waals surface area contributed by atoms with E-state index in [0.29, 0.717) is 0 Å². The maximum absolute atomic E-state index is 14.2. The summed E-state index contributed by atoms with van der Waals surface area (Å²) in [7, 11) is -1.77. The Balaban J connectivity index is 2.15. The second-order valence-corrected chi connectivity index (χ2v) is 7.44. The lowest BCUT2D eigenvalue weighted by molar-refractivity contribution is 0.579. The summed E-state index contributed by atoms with van der Waals surface area (Å²) in [4.78, 5) is 29.1. The Bertz CT molecular complexity index is 965. The van der Waals surface area contributed by atoms with Crippen LogP contribution in [0.2, 0.25) is 0 Å². The predicted octanol–water partition coefficient (Wildman–Crippen LogP) is -1.00. The van der Waals surface area contributed by atoms with Crippen LogP contribution in [0.25, 0.3) is 10.8 Å². The van der Waals surface area contributed by atoms with Crippen LogP contribution in [0, 0.1) is 5.95 Å². The third-order valence-electron chi connectivity index (χ3n) is 3.66. The number of fused-ring (bicyclic) bond motifs is 1. The number of halogens is 1. The molecule has 118 valence electrons. The summed E-state index contributed by atoms with van der Waals surface area (Å²) in [5.41, 5.74) is -1.29. The van der Waals surface area contributed by atoms with E-state index in [0.717, 1.165) is 4.68 Å². The Morgan fingerprint density at radius 2 is 1.91 bits per heavy atom. The van der Waals surface area contributed by atoms with Crippen LogP contribution in [0.15, 0.2) is 15.7 Å². The number of hydrogen-bond acceptors (Lipinski definition) is 6. The summed E-state index contributed by atoms with van der Waals surface area (Å²) in [5.74, 6) is -0.992. The third-order valence-corrected chi connectivity index (χ3v) is 5.27. The highest BCUT2D eigenvalue weighted by atomic mass is 32.2. The van der Waals surface area contributed by atoms with Crippen LogP contribution in [-0.4, -0.2) is 47.8 Å². The summed E-state index contributed by atoms with van der Waals surface area (Å²) >= 11 is 0. The highest BCUT2D eigenvalue weighted by Gasteiger charge is 2.24. The molecule has 1 N–H and O–H groups in total. The highest BCUT2D eigenvalue weighted by molar-refractivity contribution is 7.91. The first-order valence-electron chi connectivity index (χ1n) is 6.53. The number of anilines is 1. The quantitative estimate of drug-likeness (QED) is 0.673. The van der Waals surface area contributed by atoms with Gasteiger partial charge in [0.15, 0.2) is 9.84 Å². The molecule has 0 spiro atoms. The molecule has 3 heterocycles. The van der Waals surface area contributed by atoms with Gasteiger partial charge in [0.25, 0.3) is 11.1 Å². The topological polar surface area (TPSA) is 105 Å². The molecular weight excluding hydrogens is 315 g/mol. The van der Waals surface area contributed by atoms with E-state index in [-0.39, 0.29) is 41.2 Å². The minimum absolute atomic E-state index is 0.0543. The van der Waals surface area contributed by atoms with E-state index in [1.807, 2.05) is 0 Å². The molecule has 0 bridgehead atoms. The lowest BCUT2D eigenvalue weighted by Crippen LogP contribution is -2.41. The van der Waals surface area contributed by atoms with Gasteiger partial charge in [0.05, 0.1) is 16.9 Å². The van der Waals surface area contributed by atoms with Gasteiger partial charge in [-0.3, -0.25) is 19.4 Å². The molecule has 0 atom stereocenters. The van der Waals surface area contributed by atoms with Crippen molar-refractivity contribution in [3.05, 3.63) is 32.7 Å². The summed E-state index contributed by atoms with van der Waals surface area (Å²) in [6, 6.07) is 1.32. The second-order valence-electron chi connectivity index (χ2n) is 5.14. The minimum atomic E-state index is -3.08. The summed E-state index contributed by atoms with van der Waals surface area (Å²) in [6.45, 7) is 0.339. The fourth-order valence-electron chi connectivity index (χ4n) is 2.42. The van der Waals surface area contributed by atoms with Crippen LogP contribution in [0.4, 0.5) is 10.2 Å². The number of H-pyrrole nitrogens is 1. The molecule has 1 fully saturated rings. The fourth-order valence-corrected chi connectivity index (χ4v) is 3.62. The minimum Gasteiger partial charge on any atom is -0.354 e. The zero-order valence-electron chi connectivity index (χ0n) is 11.7. The van der Waals surface area contributed by atoms with Crippen molar-refractivity contribution in [1.29, 1.82) is 0 Å². The van der Waals surface area contributed by atoms with Gasteiger partial charge in [-0.15, -0.1) is 0 Å². The highest BCUT2D eigenvalue weighted by Crippen LogP contribution is 2.19. The number of aryl methyl sites for hydroxylation is 1. The van der Waals surface area contributed by atoms with Crippen LogP contribution < -0.4 is 16.0 Å². The number of rotatable bonds is 1. The number of aromatic nitrogens is 3. The predicted molar refractivity (Wildman–Crippen MR) is 78.4 cm³/mol. The third kappa shape index (κ3) is 2.39. The lowest BCUT2D eigenvalue weighted by Gasteiger charge is -2.27. The van der Waals surface area contributed by atoms with Crippen molar-refractivity contribution in [2.24, 2.45) is 7.05 Å². The fraction of sp³-hybridized carbons (Fsp3) is 0.417. The first-order valence-corrected chi connectivity index (χ1v) is 8.35. The average molecular weight is 328 g/mol. The van der Waals surface area contributed by atoms with Gasteiger partial charge in [0.1, 0.15) is 11.2 Å². The molecule has 0 radical (unpaired) electrons. The number of aromatic amines is 1. The Hall–Kier alpha value is -2.23. The molecule has 2 aromatic rings. The Labute approximate surface area is 124 Å². The van der Waals surface area contributed by atoms with Gasteiger partial charge in [0, 0.05) is 20.1 Å². The molecule has 1 aliphatic heterocycles. The molecule has 0 amide bonds. The number of nitrogens with zero attached hydrogens (tertiary/aromatic N) is 3. The SMILES string of the molecule is Cn1[nH]c(=O)c2cc(N3CCS(=O)(=O)CC3)nc(F)c2c1=O. The van der Waals surface area contributed by atoms with Crippen molar-refractivity contribution in [1.82, 2.24) is 14.8 Å². The van der Waals surface area contributed by atoms with Crippen molar-refractivity contribution < 1.29 is 12.8 Å². The van der Waals surface area contributed by atoms with Crippen LogP contribution >= 0.6 is 0 Å². The van der Waals surface area contributed by atoms with Gasteiger partial charge < -0.3 is 4.90 Å². The molecule has 0 aliphatic carbocycles. The Morgan fingerprint density at radius 1 is 1.27 bits per heavy atom. The zero-order chi connectivity index (χ0) is 16.1. The second kappa shape index (κ2) is 4.90. The molecule has 0 saturated carbocycles. The van der Waals surface area contributed by atoms with Crippen LogP contribution in [-0.2, 0) is 16.9 Å². The summed E-state index contributed by atoms with van der Waals surface area (Å²) < 4.78 is 37.9. The van der Waals surface area contributed by atoms with Gasteiger partial charge >= 0.3 is 0 Å². The van der Waals surface area contributed by atoms with Crippen LogP contribution in [0.1, 0.15) is 0 Å². The number of hydrogen-bond donors (Lipinski definition) is 1. The zero-order valence-corrected chi connectivity index (χ0v) is 12.5. The van der Waals surface area contributed by atoms with Crippen LogP contribution in [0.5, 0.6) is 0 Å². The maximum Gasteiger partial charge on any atom is 0.277 e. The normalized spacial score (nSPS) is 17.8. The average Bonchev–Trinajstić information content (AvgIpc) is 2.44. The molecular formula is C12H13FN4O4S. The molecule has 0 aromatic carbocycles. The largest absolute Gasteiger partial charge is 0.354 e. The molecule has 2 aromatic heterocycles. The molecule has 1 aliphatic rings. The van der Waals surface area contributed by atoms with Gasteiger partial charge in [0.2, 0.25) is 5.95 Å². The van der Waals surface area contributed by atoms with Gasteiger partial charge in [-0.25, -0.2) is 13.4 Å². The Morgan fingerprint density at radius 3 is 2.55 bits per heavy atom. The number of nitrogens with one attached hydrogen (secondary N) is 1. The van der Waals surface area contributed by atoms with E-state index < -0.39 is 26.9 Å². The van der Waals surface area contributed by atoms with Crippen molar-refractivity contribution >= 4 is 26.4 Å². The van der Waals surface area contributed by atoms with Crippen LogP contribution in [0.3, 0.4) is 0 Å². The monoisotopic (exact) mass is 328 g/mol. The van der Waals surface area contributed by atoms with Gasteiger partial charge in [-0.05, 0) is 6.07 Å². The first-order chi connectivity index (χ1) is 10.3. The molecule has 22 heavy (non-hydrogen) atoms. The Kier molecular flexibility index (Phi) is 3.28. The first kappa shape index (κ1) is 14.7. The smallest absolute Gasteiger partial charge is 0.277 e. The van der Waals surface area contributed by atoms with Crippen molar-refractivity contribution in [2.75, 3.05) is 29.5 Å². The van der Waals surface area contributed by atoms with Crippen molar-refractivity contribution in [2.45, 2.75) is 0 Å². The standard InChI is InChI=1S/C12H13FN4O4S/c1-16-12(19)9-7(11(18)15-16)6-8(14-10(9)13)17-2-4-22(20,21)5-3-17/h6H,2-5H2,1H3,(H,15,18). The van der Waals surface area contributed by atoms with Crippen molar-refractivity contribution in [3.63, 3.8) is 0 Å². The molecule has 1 saturated heterocycles. The van der Waals surface area contributed by atoms with Gasteiger partial charge in [-0.2, -0.15) is 4.39 Å². The van der Waals surface area contributed by atoms with E-state index in [9.17, 15) is 22.4 Å². The van der Waals surface area contributed by atoms with Gasteiger partial charge in [-0.1, -0.05) is 0 Å². The van der Waals surface area contributed by atoms with Crippen molar-refractivity contribution in [3.8, 4) is 0 Å². The molecule has 3 rings (SSSR count).